The van der Waals surface area contributed by atoms with Crippen molar-refractivity contribution in [3.8, 4) is 5.75 Å². The molecule has 0 saturated heterocycles. The zero-order valence-corrected chi connectivity index (χ0v) is 9.91. The summed E-state index contributed by atoms with van der Waals surface area (Å²) in [6, 6.07) is 5.52. The number of nitrogens with one attached hydrogen (secondary N) is 1. The van der Waals surface area contributed by atoms with Crippen molar-refractivity contribution in [3.63, 3.8) is 0 Å². The average molecular weight is 222 g/mol. The lowest BCUT2D eigenvalue weighted by atomic mass is 10.1. The lowest BCUT2D eigenvalue weighted by Crippen LogP contribution is -2.26. The third-order valence-electron chi connectivity index (χ3n) is 2.49. The minimum atomic E-state index is -0.179. The third kappa shape index (κ3) is 2.97. The molecule has 1 aromatic carbocycles. The van der Waals surface area contributed by atoms with Crippen molar-refractivity contribution >= 4 is 11.6 Å². The van der Waals surface area contributed by atoms with E-state index in [0.29, 0.717) is 6.54 Å². The Balaban J connectivity index is 2.78. The van der Waals surface area contributed by atoms with Crippen molar-refractivity contribution in [1.29, 1.82) is 0 Å². The molecule has 0 aliphatic heterocycles. The van der Waals surface area contributed by atoms with Gasteiger partial charge in [-0.2, -0.15) is 0 Å². The van der Waals surface area contributed by atoms with Crippen LogP contribution in [0.2, 0.25) is 0 Å². The molecule has 0 spiro atoms. The summed E-state index contributed by atoms with van der Waals surface area (Å²) in [7, 11) is 1.61. The van der Waals surface area contributed by atoms with Gasteiger partial charge in [0.1, 0.15) is 5.75 Å². The first-order valence-electron chi connectivity index (χ1n) is 5.24. The predicted octanol–water partition coefficient (Wildman–Crippen LogP) is 1.54. The number of hydrogen-bond donors (Lipinski definition) is 2. The normalized spacial score (nSPS) is 12.0. The highest BCUT2D eigenvalue weighted by molar-refractivity contribution is 5.93. The molecule has 0 aliphatic rings. The number of ether oxygens (including phenoxy) is 1. The first kappa shape index (κ1) is 12.5. The molecule has 0 radical (unpaired) electrons. The zero-order chi connectivity index (χ0) is 12.1. The second kappa shape index (κ2) is 5.51. The van der Waals surface area contributed by atoms with Crippen LogP contribution in [-0.2, 0) is 4.79 Å². The molecule has 1 rings (SSSR count). The Kier molecular flexibility index (Phi) is 4.31. The summed E-state index contributed by atoms with van der Waals surface area (Å²) in [5.41, 5.74) is 7.20. The van der Waals surface area contributed by atoms with Gasteiger partial charge in [0, 0.05) is 18.2 Å². The molecule has 88 valence electrons. The van der Waals surface area contributed by atoms with Crippen molar-refractivity contribution < 1.29 is 9.53 Å². The topological polar surface area (TPSA) is 64.3 Å². The highest BCUT2D eigenvalue weighted by Crippen LogP contribution is 2.21. The van der Waals surface area contributed by atoms with Crippen LogP contribution in [-0.4, -0.2) is 19.6 Å². The van der Waals surface area contributed by atoms with E-state index in [1.807, 2.05) is 25.1 Å². The summed E-state index contributed by atoms with van der Waals surface area (Å²) in [6.07, 6.45) is 0. The molecule has 1 atom stereocenters. The minimum absolute atomic E-state index is 0.0595. The number of hydrogen-bond acceptors (Lipinski definition) is 3. The van der Waals surface area contributed by atoms with Crippen molar-refractivity contribution in [2.75, 3.05) is 19.0 Å². The molecule has 0 bridgehead atoms. The van der Waals surface area contributed by atoms with Gasteiger partial charge in [-0.25, -0.2) is 0 Å². The van der Waals surface area contributed by atoms with Crippen LogP contribution in [0, 0.1) is 12.8 Å². The van der Waals surface area contributed by atoms with E-state index in [4.69, 9.17) is 10.5 Å². The summed E-state index contributed by atoms with van der Waals surface area (Å²) in [4.78, 5) is 11.6. The monoisotopic (exact) mass is 222 g/mol. The molecule has 0 fully saturated rings. The van der Waals surface area contributed by atoms with Crippen LogP contribution in [0.5, 0.6) is 5.75 Å². The van der Waals surface area contributed by atoms with Gasteiger partial charge in [-0.05, 0) is 30.7 Å². The fraction of sp³-hybridized carbons (Fsp3) is 0.417. The van der Waals surface area contributed by atoms with Gasteiger partial charge in [-0.1, -0.05) is 6.92 Å². The fourth-order valence-corrected chi connectivity index (χ4v) is 1.27. The Morgan fingerprint density at radius 2 is 2.25 bits per heavy atom. The fourth-order valence-electron chi connectivity index (χ4n) is 1.27. The summed E-state index contributed by atoms with van der Waals surface area (Å²) in [5, 5.41) is 2.84. The van der Waals surface area contributed by atoms with E-state index < -0.39 is 0 Å². The van der Waals surface area contributed by atoms with Crippen LogP contribution in [0.3, 0.4) is 0 Å². The Hall–Kier alpha value is -1.55. The van der Waals surface area contributed by atoms with E-state index in [0.717, 1.165) is 17.0 Å². The molecular formula is C12H18N2O2. The Labute approximate surface area is 95.8 Å². The van der Waals surface area contributed by atoms with Crippen LogP contribution in [0.15, 0.2) is 18.2 Å². The molecule has 4 nitrogen and oxygen atoms in total. The quantitative estimate of drug-likeness (QED) is 0.812. The Bertz CT molecular complexity index is 377. The highest BCUT2D eigenvalue weighted by Gasteiger charge is 2.11. The van der Waals surface area contributed by atoms with Crippen LogP contribution in [0.1, 0.15) is 12.5 Å². The van der Waals surface area contributed by atoms with Crippen molar-refractivity contribution in [2.45, 2.75) is 13.8 Å². The molecule has 16 heavy (non-hydrogen) atoms. The Morgan fingerprint density at radius 1 is 1.56 bits per heavy atom. The lowest BCUT2D eigenvalue weighted by molar-refractivity contribution is -0.119. The molecular weight excluding hydrogens is 204 g/mol. The summed E-state index contributed by atoms with van der Waals surface area (Å²) in [6.45, 7) is 4.07. The number of benzene rings is 1. The molecule has 0 saturated carbocycles. The molecule has 1 amide bonds. The second-order valence-electron chi connectivity index (χ2n) is 3.81. The van der Waals surface area contributed by atoms with Gasteiger partial charge in [0.25, 0.3) is 0 Å². The first-order valence-corrected chi connectivity index (χ1v) is 5.24. The molecule has 3 N–H and O–H groups in total. The summed E-state index contributed by atoms with van der Waals surface area (Å²) in [5.74, 6) is 0.541. The number of carbonyl (C=O) groups is 1. The van der Waals surface area contributed by atoms with Gasteiger partial charge in [0.2, 0.25) is 5.91 Å². The van der Waals surface area contributed by atoms with Crippen LogP contribution in [0.4, 0.5) is 5.69 Å². The van der Waals surface area contributed by atoms with E-state index in [1.54, 1.807) is 14.0 Å². The predicted molar refractivity (Wildman–Crippen MR) is 64.6 cm³/mol. The third-order valence-corrected chi connectivity index (χ3v) is 2.49. The number of anilines is 1. The first-order chi connectivity index (χ1) is 7.58. The van der Waals surface area contributed by atoms with E-state index in [1.165, 1.54) is 0 Å². The van der Waals surface area contributed by atoms with Gasteiger partial charge < -0.3 is 15.8 Å². The maximum atomic E-state index is 11.6. The smallest absolute Gasteiger partial charge is 0.228 e. The Morgan fingerprint density at radius 3 is 2.75 bits per heavy atom. The van der Waals surface area contributed by atoms with E-state index in [-0.39, 0.29) is 11.8 Å². The molecule has 0 heterocycles. The van der Waals surface area contributed by atoms with Crippen molar-refractivity contribution in [2.24, 2.45) is 11.7 Å². The SMILES string of the molecule is COc1ccc(NC(=O)C(C)CN)c(C)c1. The van der Waals surface area contributed by atoms with Crippen molar-refractivity contribution in [3.05, 3.63) is 23.8 Å². The number of aryl methyl sites for hydroxylation is 1. The standard InChI is InChI=1S/C12H18N2O2/c1-8-6-10(16-3)4-5-11(8)14-12(15)9(2)7-13/h4-6,9H,7,13H2,1-3H3,(H,14,15). The maximum Gasteiger partial charge on any atom is 0.228 e. The zero-order valence-electron chi connectivity index (χ0n) is 9.91. The highest BCUT2D eigenvalue weighted by atomic mass is 16.5. The van der Waals surface area contributed by atoms with Crippen LogP contribution in [0.25, 0.3) is 0 Å². The van der Waals surface area contributed by atoms with E-state index in [2.05, 4.69) is 5.32 Å². The van der Waals surface area contributed by atoms with Gasteiger partial charge in [0.05, 0.1) is 7.11 Å². The van der Waals surface area contributed by atoms with Crippen LogP contribution >= 0.6 is 0 Å². The second-order valence-corrected chi connectivity index (χ2v) is 3.81. The number of carbonyl (C=O) groups excluding carboxylic acids is 1. The average Bonchev–Trinajstić information content (AvgIpc) is 2.30. The van der Waals surface area contributed by atoms with Gasteiger partial charge >= 0.3 is 0 Å². The number of rotatable bonds is 4. The number of methoxy groups -OCH3 is 1. The van der Waals surface area contributed by atoms with Gasteiger partial charge in [-0.15, -0.1) is 0 Å². The minimum Gasteiger partial charge on any atom is -0.497 e. The van der Waals surface area contributed by atoms with E-state index in [9.17, 15) is 4.79 Å². The molecule has 0 aliphatic carbocycles. The van der Waals surface area contributed by atoms with Gasteiger partial charge in [-0.3, -0.25) is 4.79 Å². The maximum absolute atomic E-state index is 11.6. The number of amides is 1. The molecule has 1 aromatic rings. The lowest BCUT2D eigenvalue weighted by Gasteiger charge is -2.12. The molecule has 0 aromatic heterocycles. The summed E-state index contributed by atoms with van der Waals surface area (Å²) >= 11 is 0. The van der Waals surface area contributed by atoms with Crippen molar-refractivity contribution in [1.82, 2.24) is 0 Å². The van der Waals surface area contributed by atoms with Gasteiger partial charge in [0.15, 0.2) is 0 Å². The molecule has 1 unspecified atom stereocenters. The van der Waals surface area contributed by atoms with Crippen LogP contribution < -0.4 is 15.8 Å². The largest absolute Gasteiger partial charge is 0.497 e. The molecule has 4 heteroatoms. The number of nitrogens with two attached hydrogens (primary N) is 1. The van der Waals surface area contributed by atoms with E-state index >= 15 is 0 Å². The summed E-state index contributed by atoms with van der Waals surface area (Å²) < 4.78 is 5.09.